The first-order chi connectivity index (χ1) is 10.3. The Hall–Kier alpha value is -1.77. The molecule has 0 unspecified atom stereocenters. The average molecular weight is 282 g/mol. The molecule has 3 aliphatic rings. The van der Waals surface area contributed by atoms with E-state index in [0.717, 1.165) is 32.6 Å². The summed E-state index contributed by atoms with van der Waals surface area (Å²) < 4.78 is 0. The first-order valence-corrected chi connectivity index (χ1v) is 8.08. The van der Waals surface area contributed by atoms with Crippen molar-refractivity contribution in [1.82, 2.24) is 4.90 Å². The summed E-state index contributed by atoms with van der Waals surface area (Å²) in [5, 5.41) is 0. The number of piperazine rings is 1. The molecule has 0 radical (unpaired) electrons. The van der Waals surface area contributed by atoms with E-state index >= 15 is 0 Å². The van der Waals surface area contributed by atoms with E-state index in [1.807, 2.05) is 6.07 Å². The smallest absolute Gasteiger partial charge is 0.226 e. The number of carbonyl (C=O) groups is 1. The van der Waals surface area contributed by atoms with Gasteiger partial charge in [-0.25, -0.2) is 0 Å². The molecule has 1 amide bonds. The summed E-state index contributed by atoms with van der Waals surface area (Å²) in [5.41, 5.74) is 1.27. The molecule has 1 heterocycles. The van der Waals surface area contributed by atoms with Gasteiger partial charge in [-0.1, -0.05) is 30.4 Å². The molecule has 1 aromatic carbocycles. The van der Waals surface area contributed by atoms with Gasteiger partial charge in [0.15, 0.2) is 0 Å². The zero-order chi connectivity index (χ0) is 14.2. The Labute approximate surface area is 126 Å². The van der Waals surface area contributed by atoms with E-state index in [9.17, 15) is 4.79 Å². The standard InChI is InChI=1S/C18H22N2O/c21-18(17-13-14-6-7-15(17)12-14)20-10-8-19(9-11-20)16-4-2-1-3-5-16/h1-7,14-15,17H,8-13H2/t14-,15+,17-/m1/s1. The van der Waals surface area contributed by atoms with Crippen LogP contribution in [0.15, 0.2) is 42.5 Å². The van der Waals surface area contributed by atoms with Gasteiger partial charge in [0.2, 0.25) is 5.91 Å². The van der Waals surface area contributed by atoms with Crippen molar-refractivity contribution >= 4 is 11.6 Å². The number of hydrogen-bond acceptors (Lipinski definition) is 2. The Morgan fingerprint density at radius 3 is 2.33 bits per heavy atom. The third kappa shape index (κ3) is 2.35. The van der Waals surface area contributed by atoms with E-state index in [1.165, 1.54) is 12.1 Å². The number of fused-ring (bicyclic) bond motifs is 2. The third-order valence-corrected chi connectivity index (χ3v) is 5.31. The lowest BCUT2D eigenvalue weighted by molar-refractivity contribution is -0.136. The normalized spacial score (nSPS) is 31.0. The van der Waals surface area contributed by atoms with Gasteiger partial charge in [0, 0.05) is 37.8 Å². The molecule has 21 heavy (non-hydrogen) atoms. The van der Waals surface area contributed by atoms with Gasteiger partial charge in [-0.15, -0.1) is 0 Å². The lowest BCUT2D eigenvalue weighted by Gasteiger charge is -2.38. The lowest BCUT2D eigenvalue weighted by atomic mass is 9.92. The molecule has 2 fully saturated rings. The van der Waals surface area contributed by atoms with Crippen molar-refractivity contribution < 1.29 is 4.79 Å². The van der Waals surface area contributed by atoms with Crippen molar-refractivity contribution in [3.63, 3.8) is 0 Å². The van der Waals surface area contributed by atoms with E-state index in [2.05, 4.69) is 46.2 Å². The van der Waals surface area contributed by atoms with Crippen molar-refractivity contribution in [2.45, 2.75) is 12.8 Å². The number of allylic oxidation sites excluding steroid dienone is 2. The quantitative estimate of drug-likeness (QED) is 0.778. The van der Waals surface area contributed by atoms with Crippen LogP contribution in [0.25, 0.3) is 0 Å². The van der Waals surface area contributed by atoms with Crippen LogP contribution >= 0.6 is 0 Å². The molecule has 4 rings (SSSR count). The Morgan fingerprint density at radius 1 is 0.952 bits per heavy atom. The minimum absolute atomic E-state index is 0.267. The molecule has 0 N–H and O–H groups in total. The van der Waals surface area contributed by atoms with Gasteiger partial charge in [0.1, 0.15) is 0 Å². The van der Waals surface area contributed by atoms with Crippen molar-refractivity contribution in [1.29, 1.82) is 0 Å². The lowest BCUT2D eigenvalue weighted by Crippen LogP contribution is -2.50. The summed E-state index contributed by atoms with van der Waals surface area (Å²) in [7, 11) is 0. The van der Waals surface area contributed by atoms with Gasteiger partial charge < -0.3 is 9.80 Å². The van der Waals surface area contributed by atoms with Gasteiger partial charge in [-0.05, 0) is 36.8 Å². The number of para-hydroxylation sites is 1. The fourth-order valence-corrected chi connectivity index (χ4v) is 4.12. The molecule has 0 aromatic heterocycles. The molecule has 2 aliphatic carbocycles. The second-order valence-corrected chi connectivity index (χ2v) is 6.53. The van der Waals surface area contributed by atoms with Crippen LogP contribution < -0.4 is 4.90 Å². The van der Waals surface area contributed by atoms with E-state index < -0.39 is 0 Å². The Kier molecular flexibility index (Phi) is 3.21. The Bertz CT molecular complexity index is 546. The molecule has 3 heteroatoms. The van der Waals surface area contributed by atoms with E-state index in [1.54, 1.807) is 0 Å². The molecule has 1 saturated heterocycles. The molecule has 3 atom stereocenters. The molecule has 1 saturated carbocycles. The second kappa shape index (κ2) is 5.21. The number of nitrogens with zero attached hydrogens (tertiary/aromatic N) is 2. The van der Waals surface area contributed by atoms with Crippen molar-refractivity contribution in [2.75, 3.05) is 31.1 Å². The highest BCUT2D eigenvalue weighted by molar-refractivity contribution is 5.80. The molecule has 1 aromatic rings. The van der Waals surface area contributed by atoms with Crippen LogP contribution in [0, 0.1) is 17.8 Å². The Balaban J connectivity index is 1.37. The van der Waals surface area contributed by atoms with Gasteiger partial charge in [0.05, 0.1) is 0 Å². The zero-order valence-corrected chi connectivity index (χ0v) is 12.3. The minimum Gasteiger partial charge on any atom is -0.368 e. The van der Waals surface area contributed by atoms with Crippen LogP contribution in [0.4, 0.5) is 5.69 Å². The number of benzene rings is 1. The maximum absolute atomic E-state index is 12.7. The van der Waals surface area contributed by atoms with Crippen molar-refractivity contribution in [2.24, 2.45) is 17.8 Å². The zero-order valence-electron chi connectivity index (χ0n) is 12.3. The van der Waals surface area contributed by atoms with Gasteiger partial charge in [0.25, 0.3) is 0 Å². The van der Waals surface area contributed by atoms with Gasteiger partial charge in [-0.3, -0.25) is 4.79 Å². The summed E-state index contributed by atoms with van der Waals surface area (Å²) in [6.07, 6.45) is 6.87. The fraction of sp³-hybridized carbons (Fsp3) is 0.500. The van der Waals surface area contributed by atoms with Crippen LogP contribution in [0.5, 0.6) is 0 Å². The fourth-order valence-electron chi connectivity index (χ4n) is 4.12. The van der Waals surface area contributed by atoms with E-state index in [4.69, 9.17) is 0 Å². The SMILES string of the molecule is O=C([C@@H]1C[C@@H]2C=C[C@H]1C2)N1CCN(c2ccccc2)CC1. The van der Waals surface area contributed by atoms with Crippen LogP contribution in [-0.2, 0) is 4.79 Å². The van der Waals surface area contributed by atoms with E-state index in [-0.39, 0.29) is 5.92 Å². The Morgan fingerprint density at radius 2 is 1.71 bits per heavy atom. The molecular weight excluding hydrogens is 260 g/mol. The minimum atomic E-state index is 0.267. The summed E-state index contributed by atoms with van der Waals surface area (Å²) >= 11 is 0. The number of anilines is 1. The molecular formula is C18H22N2O. The van der Waals surface area contributed by atoms with Gasteiger partial charge in [-0.2, -0.15) is 0 Å². The maximum Gasteiger partial charge on any atom is 0.226 e. The highest BCUT2D eigenvalue weighted by atomic mass is 16.2. The topological polar surface area (TPSA) is 23.6 Å². The first-order valence-electron chi connectivity index (χ1n) is 8.08. The van der Waals surface area contributed by atoms with E-state index in [0.29, 0.717) is 17.7 Å². The highest BCUT2D eigenvalue weighted by Crippen LogP contribution is 2.44. The summed E-state index contributed by atoms with van der Waals surface area (Å²) in [6, 6.07) is 10.5. The first kappa shape index (κ1) is 12.9. The van der Waals surface area contributed by atoms with Crippen LogP contribution in [-0.4, -0.2) is 37.0 Å². The molecule has 1 aliphatic heterocycles. The summed E-state index contributed by atoms with van der Waals surface area (Å²) in [5.74, 6) is 1.87. The van der Waals surface area contributed by atoms with Crippen molar-refractivity contribution in [3.8, 4) is 0 Å². The summed E-state index contributed by atoms with van der Waals surface area (Å²) in [6.45, 7) is 3.63. The van der Waals surface area contributed by atoms with Crippen LogP contribution in [0.3, 0.4) is 0 Å². The molecule has 2 bridgehead atoms. The molecule has 3 nitrogen and oxygen atoms in total. The van der Waals surface area contributed by atoms with Crippen LogP contribution in [0.1, 0.15) is 12.8 Å². The molecule has 110 valence electrons. The summed E-state index contributed by atoms with van der Waals surface area (Å²) in [4.78, 5) is 17.2. The van der Waals surface area contributed by atoms with Gasteiger partial charge >= 0.3 is 0 Å². The second-order valence-electron chi connectivity index (χ2n) is 6.53. The highest BCUT2D eigenvalue weighted by Gasteiger charge is 2.41. The largest absolute Gasteiger partial charge is 0.368 e. The van der Waals surface area contributed by atoms with Crippen molar-refractivity contribution in [3.05, 3.63) is 42.5 Å². The third-order valence-electron chi connectivity index (χ3n) is 5.31. The number of rotatable bonds is 2. The number of carbonyl (C=O) groups excluding carboxylic acids is 1. The number of amides is 1. The average Bonchev–Trinajstić information content (AvgIpc) is 3.18. The maximum atomic E-state index is 12.7. The predicted octanol–water partition coefficient (Wildman–Crippen LogP) is 2.55. The molecule has 0 spiro atoms. The predicted molar refractivity (Wildman–Crippen MR) is 84.1 cm³/mol. The number of hydrogen-bond donors (Lipinski definition) is 0. The van der Waals surface area contributed by atoms with Crippen LogP contribution in [0.2, 0.25) is 0 Å². The monoisotopic (exact) mass is 282 g/mol.